The van der Waals surface area contributed by atoms with E-state index in [1.54, 1.807) is 19.1 Å². The molecule has 2 aromatic rings. The van der Waals surface area contributed by atoms with Crippen molar-refractivity contribution in [2.75, 3.05) is 23.7 Å². The van der Waals surface area contributed by atoms with Crippen LogP contribution in [0.4, 0.5) is 5.69 Å². The Kier molecular flexibility index (Phi) is 10.6. The number of hydrogen-bond acceptors (Lipinski definition) is 4. The summed E-state index contributed by atoms with van der Waals surface area (Å²) in [6, 6.07) is 13.8. The molecule has 0 radical (unpaired) electrons. The molecule has 0 aliphatic rings. The number of carbonyl (C=O) groups excluding carboxylic acids is 2. The molecule has 0 fully saturated rings. The highest BCUT2D eigenvalue weighted by Crippen LogP contribution is 2.21. The van der Waals surface area contributed by atoms with Crippen LogP contribution in [0.15, 0.2) is 53.0 Å². The molecule has 1 N–H and O–H groups in total. The second-order valence-electron chi connectivity index (χ2n) is 8.26. The van der Waals surface area contributed by atoms with E-state index in [9.17, 15) is 18.0 Å². The number of sulfonamides is 1. The van der Waals surface area contributed by atoms with E-state index in [0.717, 1.165) is 45.4 Å². The first-order valence-corrected chi connectivity index (χ1v) is 14.1. The van der Waals surface area contributed by atoms with Crippen molar-refractivity contribution in [1.29, 1.82) is 0 Å². The lowest BCUT2D eigenvalue weighted by atomic mass is 10.1. The Labute approximate surface area is 211 Å². The summed E-state index contributed by atoms with van der Waals surface area (Å²) in [7, 11) is -3.73. The molecule has 2 aromatic carbocycles. The number of amides is 2. The molecule has 0 aliphatic heterocycles. The number of nitrogens with zero attached hydrogens (tertiary/aromatic N) is 2. The van der Waals surface area contributed by atoms with E-state index in [1.807, 2.05) is 50.2 Å². The third-order valence-corrected chi connectivity index (χ3v) is 7.18. The van der Waals surface area contributed by atoms with Crippen molar-refractivity contribution >= 4 is 43.5 Å². The SMILES string of the molecule is CCCCNC(=O)[C@H](C)N(Cc1cccc(Br)c1)C(=O)CN(c1ccc(CC)cc1)S(C)(=O)=O. The van der Waals surface area contributed by atoms with Gasteiger partial charge in [-0.05, 0) is 55.2 Å². The minimum atomic E-state index is -3.73. The summed E-state index contributed by atoms with van der Waals surface area (Å²) < 4.78 is 27.1. The molecule has 0 bridgehead atoms. The molecule has 9 heteroatoms. The number of unbranched alkanes of at least 4 members (excludes halogenated alkanes) is 1. The third-order valence-electron chi connectivity index (χ3n) is 5.55. The predicted molar refractivity (Wildman–Crippen MR) is 140 cm³/mol. The number of rotatable bonds is 12. The Bertz CT molecular complexity index is 1070. The molecule has 7 nitrogen and oxygen atoms in total. The van der Waals surface area contributed by atoms with Crippen LogP contribution in [0, 0.1) is 0 Å². The van der Waals surface area contributed by atoms with Gasteiger partial charge in [0.25, 0.3) is 0 Å². The summed E-state index contributed by atoms with van der Waals surface area (Å²) in [5.74, 6) is -0.724. The highest BCUT2D eigenvalue weighted by molar-refractivity contribution is 9.10. The Morgan fingerprint density at radius 2 is 1.74 bits per heavy atom. The van der Waals surface area contributed by atoms with Crippen LogP contribution in [0.1, 0.15) is 44.7 Å². The first-order valence-electron chi connectivity index (χ1n) is 11.4. The van der Waals surface area contributed by atoms with E-state index in [2.05, 4.69) is 21.2 Å². The van der Waals surface area contributed by atoms with E-state index in [-0.39, 0.29) is 12.5 Å². The van der Waals surface area contributed by atoms with Crippen LogP contribution in [-0.4, -0.2) is 50.5 Å². The van der Waals surface area contributed by atoms with E-state index in [4.69, 9.17) is 0 Å². The zero-order valence-corrected chi connectivity index (χ0v) is 22.7. The number of nitrogens with one attached hydrogen (secondary N) is 1. The fraction of sp³-hybridized carbons (Fsp3) is 0.440. The van der Waals surface area contributed by atoms with Crippen LogP contribution in [0.25, 0.3) is 0 Å². The summed E-state index contributed by atoms with van der Waals surface area (Å²) in [6.07, 6.45) is 3.68. The quantitative estimate of drug-likeness (QED) is 0.402. The molecule has 0 saturated heterocycles. The fourth-order valence-electron chi connectivity index (χ4n) is 3.46. The van der Waals surface area contributed by atoms with Gasteiger partial charge in [-0.25, -0.2) is 8.42 Å². The third kappa shape index (κ3) is 8.13. The Hall–Kier alpha value is -2.39. The zero-order valence-electron chi connectivity index (χ0n) is 20.3. The molecule has 1 atom stereocenters. The minimum Gasteiger partial charge on any atom is -0.354 e. The topological polar surface area (TPSA) is 86.8 Å². The summed E-state index contributed by atoms with van der Waals surface area (Å²) in [5, 5.41) is 2.87. The van der Waals surface area contributed by atoms with Crippen molar-refractivity contribution in [3.05, 3.63) is 64.1 Å². The number of aryl methyl sites for hydroxylation is 1. The van der Waals surface area contributed by atoms with Gasteiger partial charge in [0, 0.05) is 17.6 Å². The molecule has 0 heterocycles. The number of carbonyl (C=O) groups is 2. The first kappa shape index (κ1) is 27.9. The maximum atomic E-state index is 13.5. The van der Waals surface area contributed by atoms with E-state index in [1.165, 1.54) is 4.90 Å². The largest absolute Gasteiger partial charge is 0.354 e. The van der Waals surface area contributed by atoms with Crippen LogP contribution in [0.2, 0.25) is 0 Å². The van der Waals surface area contributed by atoms with E-state index in [0.29, 0.717) is 12.2 Å². The van der Waals surface area contributed by atoms with Gasteiger partial charge in [-0.2, -0.15) is 0 Å². The summed E-state index contributed by atoms with van der Waals surface area (Å²) in [4.78, 5) is 27.7. The number of hydrogen-bond donors (Lipinski definition) is 1. The lowest BCUT2D eigenvalue weighted by Crippen LogP contribution is -2.51. The molecule has 2 amide bonds. The van der Waals surface area contributed by atoms with Crippen molar-refractivity contribution in [2.45, 2.75) is 52.6 Å². The maximum absolute atomic E-state index is 13.5. The van der Waals surface area contributed by atoms with Gasteiger partial charge in [-0.3, -0.25) is 13.9 Å². The molecule has 0 aliphatic carbocycles. The van der Waals surface area contributed by atoms with Crippen LogP contribution >= 0.6 is 15.9 Å². The molecule has 2 rings (SSSR count). The van der Waals surface area contributed by atoms with Gasteiger partial charge in [-0.1, -0.05) is 60.5 Å². The standard InChI is InChI=1S/C25H34BrN3O4S/c1-5-7-15-27-25(31)19(3)28(17-21-9-8-10-22(26)16-21)24(30)18-29(34(4,32)33)23-13-11-20(6-2)12-14-23/h8-14,16,19H,5-7,15,17-18H2,1-4H3,(H,27,31)/t19-/m0/s1. The Morgan fingerprint density at radius 3 is 2.29 bits per heavy atom. The van der Waals surface area contributed by atoms with Crippen molar-refractivity contribution in [3.63, 3.8) is 0 Å². The number of anilines is 1. The van der Waals surface area contributed by atoms with Crippen molar-refractivity contribution in [1.82, 2.24) is 10.2 Å². The highest BCUT2D eigenvalue weighted by Gasteiger charge is 2.30. The van der Waals surface area contributed by atoms with E-state index >= 15 is 0 Å². The second-order valence-corrected chi connectivity index (χ2v) is 11.1. The van der Waals surface area contributed by atoms with Gasteiger partial charge in [0.1, 0.15) is 12.6 Å². The summed E-state index contributed by atoms with van der Waals surface area (Å²) in [6.45, 7) is 6.01. The molecular formula is C25H34BrN3O4S. The van der Waals surface area contributed by atoms with Gasteiger partial charge >= 0.3 is 0 Å². The Balaban J connectivity index is 2.34. The summed E-state index contributed by atoms with van der Waals surface area (Å²) in [5.41, 5.74) is 2.31. The zero-order chi connectivity index (χ0) is 25.3. The average molecular weight is 553 g/mol. The smallest absolute Gasteiger partial charge is 0.244 e. The summed E-state index contributed by atoms with van der Waals surface area (Å²) >= 11 is 3.44. The average Bonchev–Trinajstić information content (AvgIpc) is 2.80. The Morgan fingerprint density at radius 1 is 1.06 bits per heavy atom. The van der Waals surface area contributed by atoms with Crippen molar-refractivity contribution < 1.29 is 18.0 Å². The molecule has 186 valence electrons. The predicted octanol–water partition coefficient (Wildman–Crippen LogP) is 4.11. The van der Waals surface area contributed by atoms with E-state index < -0.39 is 28.5 Å². The van der Waals surface area contributed by atoms with Crippen LogP contribution in [-0.2, 0) is 32.6 Å². The lowest BCUT2D eigenvalue weighted by molar-refractivity contribution is -0.139. The molecule has 0 unspecified atom stereocenters. The minimum absolute atomic E-state index is 0.174. The number of halogens is 1. The van der Waals surface area contributed by atoms with Gasteiger partial charge in [0.05, 0.1) is 11.9 Å². The first-order chi connectivity index (χ1) is 16.1. The van der Waals surface area contributed by atoms with Gasteiger partial charge in [0.2, 0.25) is 21.8 Å². The monoisotopic (exact) mass is 551 g/mol. The van der Waals surface area contributed by atoms with Gasteiger partial charge in [0.15, 0.2) is 0 Å². The lowest BCUT2D eigenvalue weighted by Gasteiger charge is -2.31. The fourth-order valence-corrected chi connectivity index (χ4v) is 4.76. The molecule has 0 aromatic heterocycles. The van der Waals surface area contributed by atoms with Crippen molar-refractivity contribution in [2.24, 2.45) is 0 Å². The molecule has 0 saturated carbocycles. The number of benzene rings is 2. The maximum Gasteiger partial charge on any atom is 0.244 e. The molecular weight excluding hydrogens is 518 g/mol. The van der Waals surface area contributed by atoms with Crippen LogP contribution in [0.5, 0.6) is 0 Å². The second kappa shape index (κ2) is 12.9. The highest BCUT2D eigenvalue weighted by atomic mass is 79.9. The molecule has 0 spiro atoms. The van der Waals surface area contributed by atoms with Crippen LogP contribution in [0.3, 0.4) is 0 Å². The van der Waals surface area contributed by atoms with Gasteiger partial charge in [-0.15, -0.1) is 0 Å². The van der Waals surface area contributed by atoms with Crippen molar-refractivity contribution in [3.8, 4) is 0 Å². The van der Waals surface area contributed by atoms with Crippen LogP contribution < -0.4 is 9.62 Å². The molecule has 34 heavy (non-hydrogen) atoms. The normalized spacial score (nSPS) is 12.1. The van der Waals surface area contributed by atoms with Gasteiger partial charge < -0.3 is 10.2 Å².